The Morgan fingerprint density at radius 2 is 1.74 bits per heavy atom. The van der Waals surface area contributed by atoms with Gasteiger partial charge in [-0.05, 0) is 23.1 Å². The van der Waals surface area contributed by atoms with Gasteiger partial charge in [0, 0.05) is 17.8 Å². The second kappa shape index (κ2) is 6.48. The molecule has 0 bridgehead atoms. The standard InChI is InChI=1S/C17H21NO5/c1-17(2)8-14(19)16(15(20)9-17)13(10-18(21)22)11-4-6-12(23-3)7-5-11/h4-7,13,16H,8-10H2,1-3H3. The molecule has 1 atom stereocenters. The van der Waals surface area contributed by atoms with Gasteiger partial charge in [0.05, 0.1) is 18.9 Å². The minimum absolute atomic E-state index is 0.200. The summed E-state index contributed by atoms with van der Waals surface area (Å²) in [7, 11) is 1.53. The Bertz CT molecular complexity index is 600. The van der Waals surface area contributed by atoms with Gasteiger partial charge in [-0.3, -0.25) is 19.7 Å². The average Bonchev–Trinajstić information content (AvgIpc) is 2.44. The molecule has 0 N–H and O–H groups in total. The van der Waals surface area contributed by atoms with Crippen molar-refractivity contribution in [3.63, 3.8) is 0 Å². The molecule has 6 heteroatoms. The molecule has 0 aliphatic heterocycles. The topological polar surface area (TPSA) is 86.5 Å². The lowest BCUT2D eigenvalue weighted by molar-refractivity contribution is -0.484. The normalized spacial score (nSPS) is 19.4. The van der Waals surface area contributed by atoms with Crippen molar-refractivity contribution in [1.82, 2.24) is 0 Å². The van der Waals surface area contributed by atoms with E-state index in [1.54, 1.807) is 24.3 Å². The van der Waals surface area contributed by atoms with Gasteiger partial charge in [-0.15, -0.1) is 0 Å². The van der Waals surface area contributed by atoms with E-state index >= 15 is 0 Å². The molecule has 1 aromatic rings. The Hall–Kier alpha value is -2.24. The number of ether oxygens (including phenoxy) is 1. The molecule has 2 rings (SSSR count). The molecule has 1 aliphatic carbocycles. The van der Waals surface area contributed by atoms with Gasteiger partial charge in [0.2, 0.25) is 6.54 Å². The minimum Gasteiger partial charge on any atom is -0.497 e. The second-order valence-electron chi connectivity index (χ2n) is 6.82. The summed E-state index contributed by atoms with van der Waals surface area (Å²) in [6.45, 7) is 3.30. The maximum atomic E-state index is 12.5. The number of rotatable bonds is 5. The highest BCUT2D eigenvalue weighted by atomic mass is 16.6. The van der Waals surface area contributed by atoms with Crippen molar-refractivity contribution in [2.24, 2.45) is 11.3 Å². The molecule has 124 valence electrons. The number of carbonyl (C=O) groups is 2. The summed E-state index contributed by atoms with van der Waals surface area (Å²) >= 11 is 0. The molecule has 1 aromatic carbocycles. The molecule has 1 fully saturated rings. The van der Waals surface area contributed by atoms with E-state index in [-0.39, 0.29) is 29.8 Å². The van der Waals surface area contributed by atoms with Crippen molar-refractivity contribution in [2.75, 3.05) is 13.7 Å². The zero-order valence-corrected chi connectivity index (χ0v) is 13.6. The van der Waals surface area contributed by atoms with Gasteiger partial charge in [-0.2, -0.15) is 0 Å². The van der Waals surface area contributed by atoms with Crippen LogP contribution in [0.2, 0.25) is 0 Å². The summed E-state index contributed by atoms with van der Waals surface area (Å²) in [5.41, 5.74) is 0.248. The Morgan fingerprint density at radius 1 is 1.22 bits per heavy atom. The molecule has 0 heterocycles. The molecule has 0 amide bonds. The molecular formula is C17H21NO5. The van der Waals surface area contributed by atoms with E-state index in [1.807, 2.05) is 13.8 Å². The molecular weight excluding hydrogens is 298 g/mol. The minimum atomic E-state index is -0.929. The van der Waals surface area contributed by atoms with E-state index in [4.69, 9.17) is 4.74 Å². The molecule has 6 nitrogen and oxygen atoms in total. The lowest BCUT2D eigenvalue weighted by Gasteiger charge is -2.34. The van der Waals surface area contributed by atoms with Crippen molar-refractivity contribution in [1.29, 1.82) is 0 Å². The Balaban J connectivity index is 2.35. The highest BCUT2D eigenvalue weighted by molar-refractivity contribution is 6.06. The molecule has 0 saturated heterocycles. The van der Waals surface area contributed by atoms with E-state index in [0.29, 0.717) is 11.3 Å². The van der Waals surface area contributed by atoms with Crippen LogP contribution in [-0.4, -0.2) is 30.1 Å². The highest BCUT2D eigenvalue weighted by Crippen LogP contribution is 2.40. The van der Waals surface area contributed by atoms with Crippen LogP contribution in [0.25, 0.3) is 0 Å². The van der Waals surface area contributed by atoms with Crippen LogP contribution in [-0.2, 0) is 9.59 Å². The quantitative estimate of drug-likeness (QED) is 0.473. The zero-order valence-electron chi connectivity index (χ0n) is 13.6. The van der Waals surface area contributed by atoms with Crippen LogP contribution in [0.15, 0.2) is 24.3 Å². The summed E-state index contributed by atoms with van der Waals surface area (Å²) in [5.74, 6) is -1.44. The first-order valence-corrected chi connectivity index (χ1v) is 7.55. The Morgan fingerprint density at radius 3 is 2.17 bits per heavy atom. The molecule has 0 radical (unpaired) electrons. The van der Waals surface area contributed by atoms with Crippen LogP contribution in [0.4, 0.5) is 0 Å². The smallest absolute Gasteiger partial charge is 0.211 e. The van der Waals surface area contributed by atoms with Gasteiger partial charge < -0.3 is 4.74 Å². The van der Waals surface area contributed by atoms with E-state index in [2.05, 4.69) is 0 Å². The second-order valence-corrected chi connectivity index (χ2v) is 6.82. The van der Waals surface area contributed by atoms with Crippen LogP contribution in [0, 0.1) is 21.4 Å². The lowest BCUT2D eigenvalue weighted by Crippen LogP contribution is -2.42. The van der Waals surface area contributed by atoms with Gasteiger partial charge in [0.25, 0.3) is 0 Å². The molecule has 1 unspecified atom stereocenters. The predicted octanol–water partition coefficient (Wildman–Crippen LogP) is 2.63. The summed E-state index contributed by atoms with van der Waals surface area (Å²) in [5, 5.41) is 11.0. The first-order valence-electron chi connectivity index (χ1n) is 7.55. The Labute approximate surface area is 135 Å². The lowest BCUT2D eigenvalue weighted by atomic mass is 9.66. The van der Waals surface area contributed by atoms with Crippen LogP contribution < -0.4 is 4.74 Å². The van der Waals surface area contributed by atoms with Crippen molar-refractivity contribution in [3.8, 4) is 5.75 Å². The summed E-state index contributed by atoms with van der Waals surface area (Å²) < 4.78 is 5.08. The fraction of sp³-hybridized carbons (Fsp3) is 0.529. The van der Waals surface area contributed by atoms with E-state index in [9.17, 15) is 19.7 Å². The number of Topliss-reactive ketones (excluding diaryl/α,β-unsaturated/α-hetero) is 2. The van der Waals surface area contributed by atoms with Crippen LogP contribution in [0.3, 0.4) is 0 Å². The first kappa shape index (κ1) is 17.1. The third-order valence-corrected chi connectivity index (χ3v) is 4.29. The zero-order chi connectivity index (χ0) is 17.2. The van der Waals surface area contributed by atoms with E-state index in [1.165, 1.54) is 7.11 Å². The third kappa shape index (κ3) is 3.94. The maximum absolute atomic E-state index is 12.5. The largest absolute Gasteiger partial charge is 0.497 e. The van der Waals surface area contributed by atoms with E-state index < -0.39 is 23.3 Å². The van der Waals surface area contributed by atoms with Crippen molar-refractivity contribution < 1.29 is 19.2 Å². The number of hydrogen-bond donors (Lipinski definition) is 0. The van der Waals surface area contributed by atoms with Crippen molar-refractivity contribution in [2.45, 2.75) is 32.6 Å². The third-order valence-electron chi connectivity index (χ3n) is 4.29. The average molecular weight is 319 g/mol. The van der Waals surface area contributed by atoms with Gasteiger partial charge in [0.15, 0.2) is 0 Å². The van der Waals surface area contributed by atoms with Crippen molar-refractivity contribution in [3.05, 3.63) is 39.9 Å². The predicted molar refractivity (Wildman–Crippen MR) is 84.1 cm³/mol. The number of nitrogens with zero attached hydrogens (tertiary/aromatic N) is 1. The SMILES string of the molecule is COc1ccc(C(C[N+](=O)[O-])C2C(=O)CC(C)(C)CC2=O)cc1. The van der Waals surface area contributed by atoms with Crippen LogP contribution in [0.1, 0.15) is 38.2 Å². The number of ketones is 2. The molecule has 23 heavy (non-hydrogen) atoms. The number of nitro groups is 1. The fourth-order valence-corrected chi connectivity index (χ4v) is 3.27. The monoisotopic (exact) mass is 319 g/mol. The molecule has 0 aromatic heterocycles. The maximum Gasteiger partial charge on any atom is 0.211 e. The van der Waals surface area contributed by atoms with Gasteiger partial charge >= 0.3 is 0 Å². The molecule has 1 aliphatic rings. The number of hydrogen-bond acceptors (Lipinski definition) is 5. The van der Waals surface area contributed by atoms with Crippen molar-refractivity contribution >= 4 is 11.6 Å². The highest BCUT2D eigenvalue weighted by Gasteiger charge is 2.45. The van der Waals surface area contributed by atoms with E-state index in [0.717, 1.165) is 0 Å². The Kier molecular flexibility index (Phi) is 4.82. The van der Waals surface area contributed by atoms with Gasteiger partial charge in [-0.25, -0.2) is 0 Å². The number of carbonyl (C=O) groups excluding carboxylic acids is 2. The molecule has 0 spiro atoms. The van der Waals surface area contributed by atoms with Gasteiger partial charge in [-0.1, -0.05) is 26.0 Å². The number of methoxy groups -OCH3 is 1. The summed E-state index contributed by atoms with van der Waals surface area (Å²) in [6, 6.07) is 6.74. The van der Waals surface area contributed by atoms with Crippen LogP contribution >= 0.6 is 0 Å². The fourth-order valence-electron chi connectivity index (χ4n) is 3.27. The summed E-state index contributed by atoms with van der Waals surface area (Å²) in [4.78, 5) is 35.5. The molecule has 1 saturated carbocycles. The summed E-state index contributed by atoms with van der Waals surface area (Å²) in [6.07, 6.45) is 0.543. The number of benzene rings is 1. The van der Waals surface area contributed by atoms with Crippen LogP contribution in [0.5, 0.6) is 5.75 Å². The van der Waals surface area contributed by atoms with Gasteiger partial charge in [0.1, 0.15) is 17.3 Å². The first-order chi connectivity index (χ1) is 10.7.